The monoisotopic (exact) mass is 417 g/mol. The topological polar surface area (TPSA) is 62.3 Å². The van der Waals surface area contributed by atoms with Gasteiger partial charge in [0.1, 0.15) is 11.5 Å². The summed E-state index contributed by atoms with van der Waals surface area (Å²) >= 11 is 0. The molecule has 0 bridgehead atoms. The van der Waals surface area contributed by atoms with Crippen molar-refractivity contribution in [3.05, 3.63) is 83.9 Å². The first-order chi connectivity index (χ1) is 15.0. The van der Waals surface area contributed by atoms with Crippen LogP contribution in [0.25, 0.3) is 11.1 Å². The van der Waals surface area contributed by atoms with Crippen molar-refractivity contribution >= 4 is 17.5 Å². The van der Waals surface area contributed by atoms with Gasteiger partial charge in [0.2, 0.25) is 5.91 Å². The van der Waals surface area contributed by atoms with E-state index >= 15 is 0 Å². The van der Waals surface area contributed by atoms with Crippen LogP contribution in [0.1, 0.15) is 29.0 Å². The number of piperidine rings is 1. The first kappa shape index (κ1) is 20.7. The number of aryl methyl sites for hydroxylation is 1. The third kappa shape index (κ3) is 4.97. The number of anilines is 1. The minimum Gasteiger partial charge on any atom is -0.337 e. The molecule has 0 aliphatic carbocycles. The van der Waals surface area contributed by atoms with Crippen LogP contribution < -0.4 is 5.32 Å². The number of hydrogen-bond acceptors (Lipinski definition) is 3. The Hall–Kier alpha value is -3.54. The average Bonchev–Trinajstić information content (AvgIpc) is 2.79. The van der Waals surface area contributed by atoms with Crippen molar-refractivity contribution in [2.24, 2.45) is 5.92 Å². The second-order valence-corrected chi connectivity index (χ2v) is 7.83. The van der Waals surface area contributed by atoms with Crippen molar-refractivity contribution in [3.8, 4) is 11.1 Å². The molecular weight excluding hydrogens is 393 g/mol. The van der Waals surface area contributed by atoms with Crippen LogP contribution in [0, 0.1) is 18.7 Å². The Kier molecular flexibility index (Phi) is 6.07. The van der Waals surface area contributed by atoms with E-state index in [0.29, 0.717) is 24.5 Å². The van der Waals surface area contributed by atoms with Gasteiger partial charge in [-0.2, -0.15) is 0 Å². The quantitative estimate of drug-likeness (QED) is 0.670. The zero-order chi connectivity index (χ0) is 21.8. The molecule has 6 heteroatoms. The van der Waals surface area contributed by atoms with E-state index in [4.69, 9.17) is 0 Å². The lowest BCUT2D eigenvalue weighted by molar-refractivity contribution is -0.121. The van der Waals surface area contributed by atoms with Crippen molar-refractivity contribution in [1.29, 1.82) is 0 Å². The van der Waals surface area contributed by atoms with Gasteiger partial charge in [0.15, 0.2) is 0 Å². The van der Waals surface area contributed by atoms with Crippen LogP contribution in [0.15, 0.2) is 66.7 Å². The van der Waals surface area contributed by atoms with Crippen LogP contribution in [0.5, 0.6) is 0 Å². The number of halogens is 1. The third-order valence-electron chi connectivity index (χ3n) is 5.49. The van der Waals surface area contributed by atoms with Crippen LogP contribution in [0.2, 0.25) is 0 Å². The first-order valence-corrected chi connectivity index (χ1v) is 10.4. The number of pyridine rings is 1. The summed E-state index contributed by atoms with van der Waals surface area (Å²) in [5, 5.41) is 2.97. The molecule has 1 aliphatic heterocycles. The predicted molar refractivity (Wildman–Crippen MR) is 118 cm³/mol. The summed E-state index contributed by atoms with van der Waals surface area (Å²) < 4.78 is 13.2. The number of carbonyl (C=O) groups is 2. The Morgan fingerprint density at radius 3 is 2.58 bits per heavy atom. The molecule has 0 unspecified atom stereocenters. The van der Waals surface area contributed by atoms with Crippen LogP contribution in [0.3, 0.4) is 0 Å². The summed E-state index contributed by atoms with van der Waals surface area (Å²) in [4.78, 5) is 31.7. The molecule has 0 radical (unpaired) electrons. The maximum absolute atomic E-state index is 13.2. The van der Waals surface area contributed by atoms with E-state index in [-0.39, 0.29) is 23.5 Å². The Bertz CT molecular complexity index is 1100. The number of benzene rings is 2. The molecule has 31 heavy (non-hydrogen) atoms. The Morgan fingerprint density at radius 2 is 1.81 bits per heavy atom. The van der Waals surface area contributed by atoms with Crippen LogP contribution in [-0.4, -0.2) is 34.8 Å². The van der Waals surface area contributed by atoms with Gasteiger partial charge in [-0.05, 0) is 67.3 Å². The van der Waals surface area contributed by atoms with Gasteiger partial charge in [-0.1, -0.05) is 30.3 Å². The third-order valence-corrected chi connectivity index (χ3v) is 5.49. The Labute approximate surface area is 180 Å². The minimum atomic E-state index is -0.287. The number of hydrogen-bond donors (Lipinski definition) is 1. The molecule has 0 saturated carbocycles. The molecule has 2 aromatic carbocycles. The van der Waals surface area contributed by atoms with Gasteiger partial charge in [0.05, 0.1) is 5.92 Å². The smallest absolute Gasteiger partial charge is 0.272 e. The molecule has 1 N–H and O–H groups in total. The van der Waals surface area contributed by atoms with Gasteiger partial charge in [-0.25, -0.2) is 9.37 Å². The zero-order valence-corrected chi connectivity index (χ0v) is 17.3. The van der Waals surface area contributed by atoms with E-state index < -0.39 is 0 Å². The molecule has 2 amide bonds. The van der Waals surface area contributed by atoms with Gasteiger partial charge in [-0.15, -0.1) is 0 Å². The molecule has 1 fully saturated rings. The highest BCUT2D eigenvalue weighted by atomic mass is 19.1. The number of carbonyl (C=O) groups excluding carboxylic acids is 2. The number of nitrogens with one attached hydrogen (secondary N) is 1. The molecule has 1 atom stereocenters. The first-order valence-electron chi connectivity index (χ1n) is 10.4. The van der Waals surface area contributed by atoms with Gasteiger partial charge in [-0.3, -0.25) is 9.59 Å². The van der Waals surface area contributed by atoms with Crippen molar-refractivity contribution in [3.63, 3.8) is 0 Å². The fourth-order valence-corrected chi connectivity index (χ4v) is 3.86. The largest absolute Gasteiger partial charge is 0.337 e. The molecule has 1 saturated heterocycles. The Balaban J connectivity index is 1.43. The van der Waals surface area contributed by atoms with E-state index in [2.05, 4.69) is 10.3 Å². The molecule has 158 valence electrons. The SMILES string of the molecule is Cc1cccc(C(=O)N2CCC[C@H](C(=O)Nc3cccc(-c4ccc(F)cc4)c3)C2)n1. The Morgan fingerprint density at radius 1 is 1.03 bits per heavy atom. The van der Waals surface area contributed by atoms with Gasteiger partial charge in [0.25, 0.3) is 5.91 Å². The fraction of sp³-hybridized carbons (Fsp3) is 0.240. The standard InChI is InChI=1S/C25H24FN3O2/c1-17-5-2-9-23(27-17)25(31)29-14-4-7-20(16-29)24(30)28-22-8-3-6-19(15-22)18-10-12-21(26)13-11-18/h2-3,5-6,8-13,15,20H,4,7,14,16H2,1H3,(H,28,30)/t20-/m0/s1. The zero-order valence-electron chi connectivity index (χ0n) is 17.3. The number of aromatic nitrogens is 1. The van der Waals surface area contributed by atoms with Gasteiger partial charge in [0, 0.05) is 24.5 Å². The number of likely N-dealkylation sites (tertiary alicyclic amines) is 1. The predicted octanol–water partition coefficient (Wildman–Crippen LogP) is 4.69. The second kappa shape index (κ2) is 9.08. The van der Waals surface area contributed by atoms with Crippen molar-refractivity contribution in [1.82, 2.24) is 9.88 Å². The lowest BCUT2D eigenvalue weighted by atomic mass is 9.96. The highest BCUT2D eigenvalue weighted by Gasteiger charge is 2.29. The van der Waals surface area contributed by atoms with E-state index in [9.17, 15) is 14.0 Å². The lowest BCUT2D eigenvalue weighted by Crippen LogP contribution is -2.44. The maximum Gasteiger partial charge on any atom is 0.272 e. The molecule has 5 nitrogen and oxygen atoms in total. The molecule has 3 aromatic rings. The fourth-order valence-electron chi connectivity index (χ4n) is 3.86. The van der Waals surface area contributed by atoms with Crippen LogP contribution in [0.4, 0.5) is 10.1 Å². The highest BCUT2D eigenvalue weighted by molar-refractivity contribution is 5.95. The minimum absolute atomic E-state index is 0.106. The second-order valence-electron chi connectivity index (χ2n) is 7.83. The molecular formula is C25H24FN3O2. The summed E-state index contributed by atoms with van der Waals surface area (Å²) in [5.74, 6) is -0.812. The van der Waals surface area contributed by atoms with Crippen LogP contribution in [-0.2, 0) is 4.79 Å². The number of rotatable bonds is 4. The van der Waals surface area contributed by atoms with E-state index in [1.54, 1.807) is 23.1 Å². The molecule has 0 spiro atoms. The normalized spacial score (nSPS) is 16.1. The van der Waals surface area contributed by atoms with Crippen molar-refractivity contribution in [2.45, 2.75) is 19.8 Å². The summed E-state index contributed by atoms with van der Waals surface area (Å²) in [6.07, 6.45) is 1.50. The van der Waals surface area contributed by atoms with E-state index in [0.717, 1.165) is 29.7 Å². The summed E-state index contributed by atoms with van der Waals surface area (Å²) in [6.45, 7) is 2.85. The van der Waals surface area contributed by atoms with Crippen molar-refractivity contribution < 1.29 is 14.0 Å². The van der Waals surface area contributed by atoms with E-state index in [1.807, 2.05) is 43.3 Å². The van der Waals surface area contributed by atoms with Gasteiger partial charge < -0.3 is 10.2 Å². The number of nitrogens with zero attached hydrogens (tertiary/aromatic N) is 2. The summed E-state index contributed by atoms with van der Waals surface area (Å²) in [7, 11) is 0. The van der Waals surface area contributed by atoms with Gasteiger partial charge >= 0.3 is 0 Å². The van der Waals surface area contributed by atoms with E-state index in [1.165, 1.54) is 12.1 Å². The van der Waals surface area contributed by atoms with Crippen molar-refractivity contribution in [2.75, 3.05) is 18.4 Å². The summed E-state index contributed by atoms with van der Waals surface area (Å²) in [6, 6.07) is 19.1. The number of amides is 2. The molecule has 4 rings (SSSR count). The highest BCUT2D eigenvalue weighted by Crippen LogP contribution is 2.25. The average molecular weight is 417 g/mol. The summed E-state index contributed by atoms with van der Waals surface area (Å²) in [5.41, 5.74) is 3.64. The molecule has 2 heterocycles. The lowest BCUT2D eigenvalue weighted by Gasteiger charge is -2.32. The maximum atomic E-state index is 13.2. The van der Waals surface area contributed by atoms with Crippen LogP contribution >= 0.6 is 0 Å². The molecule has 1 aromatic heterocycles. The molecule has 1 aliphatic rings.